The summed E-state index contributed by atoms with van der Waals surface area (Å²) in [7, 11) is 0. The predicted octanol–water partition coefficient (Wildman–Crippen LogP) is 4.56. The number of rotatable bonds is 9. The molecule has 0 bridgehead atoms. The molecule has 4 saturated heterocycles. The number of morpholine rings is 1. The van der Waals surface area contributed by atoms with E-state index in [4.69, 9.17) is 4.74 Å². The zero-order valence-electron chi connectivity index (χ0n) is 27.0. The molecule has 6 heterocycles. The zero-order chi connectivity index (χ0) is 31.5. The van der Waals surface area contributed by atoms with Gasteiger partial charge < -0.3 is 24.3 Å². The third kappa shape index (κ3) is 5.68. The maximum Gasteiger partial charge on any atom is 0.254 e. The van der Waals surface area contributed by atoms with Crippen molar-refractivity contribution in [2.75, 3.05) is 65.6 Å². The number of aryl methyl sites for hydroxylation is 1. The van der Waals surface area contributed by atoms with Crippen LogP contribution in [0.1, 0.15) is 61.3 Å². The van der Waals surface area contributed by atoms with Gasteiger partial charge in [-0.3, -0.25) is 9.69 Å². The van der Waals surface area contributed by atoms with Crippen LogP contribution in [0.25, 0.3) is 16.6 Å². The Labute approximate surface area is 264 Å². The lowest BCUT2D eigenvalue weighted by Crippen LogP contribution is -2.71. The van der Waals surface area contributed by atoms with Gasteiger partial charge in [0.2, 0.25) is 5.95 Å². The second-order valence-electron chi connectivity index (χ2n) is 14.4. The Morgan fingerprint density at radius 1 is 1.16 bits per heavy atom. The summed E-state index contributed by atoms with van der Waals surface area (Å²) < 4.78 is 37.4. The molecule has 4 aliphatic heterocycles. The number of fused-ring (bicyclic) bond motifs is 1. The largest absolute Gasteiger partial charge is 0.377 e. The van der Waals surface area contributed by atoms with Gasteiger partial charge in [0.25, 0.3) is 5.91 Å². The lowest BCUT2D eigenvalue weighted by atomic mass is 9.74. The first-order valence-electron chi connectivity index (χ1n) is 16.7. The molecule has 1 aromatic carbocycles. The standard InChI is InChI=1S/C35H46F2N6O2/c1-22(2)31(6-5-9-40-20-35(21-40)18-38-19-35)41-14-26(15-41)25-12-29(32-33(37)39-24(4)43(32)16-25)28-8-7-27(36)13-30(28)34(44)42-10-11-45-17-23(42)3/h7-8,12-13,16,22-23,26,31,38H,5-6,9-11,14-15,17-21H2,1-4H3/t23-,31-/m1/s1. The number of ether oxygens (including phenoxy) is 1. The summed E-state index contributed by atoms with van der Waals surface area (Å²) in [5, 5.41) is 3.42. The van der Waals surface area contributed by atoms with E-state index in [-0.39, 0.29) is 23.4 Å². The van der Waals surface area contributed by atoms with E-state index in [1.54, 1.807) is 22.3 Å². The normalized spacial score (nSPS) is 22.9. The molecule has 3 aromatic rings. The third-order valence-electron chi connectivity index (χ3n) is 10.7. The fourth-order valence-electron chi connectivity index (χ4n) is 8.09. The first-order valence-corrected chi connectivity index (χ1v) is 16.7. The highest BCUT2D eigenvalue weighted by Crippen LogP contribution is 2.39. The Hall–Kier alpha value is -2.92. The molecule has 7 rings (SSSR count). The highest BCUT2D eigenvalue weighted by atomic mass is 19.1. The molecule has 2 atom stereocenters. The van der Waals surface area contributed by atoms with Gasteiger partial charge in [-0.25, -0.2) is 9.37 Å². The number of aromatic nitrogens is 2. The Balaban J connectivity index is 1.12. The first kappa shape index (κ1) is 30.7. The predicted molar refractivity (Wildman–Crippen MR) is 171 cm³/mol. The smallest absolute Gasteiger partial charge is 0.254 e. The van der Waals surface area contributed by atoms with Gasteiger partial charge in [0, 0.05) is 74.9 Å². The number of benzene rings is 1. The SMILES string of the molecule is Cc1nc(F)c2c(-c3ccc(F)cc3C(=O)N3CCOC[C@H]3C)cc(C3CN([C@H](CCCN4CC5(CNC5)C4)C(C)C)C3)cn12. The monoisotopic (exact) mass is 620 g/mol. The highest BCUT2D eigenvalue weighted by Gasteiger charge is 2.47. The van der Waals surface area contributed by atoms with Crippen molar-refractivity contribution in [2.24, 2.45) is 11.3 Å². The molecule has 0 aliphatic carbocycles. The molecule has 0 radical (unpaired) electrons. The lowest BCUT2D eigenvalue weighted by molar-refractivity contribution is -0.0416. The molecule has 10 heteroatoms. The molecule has 242 valence electrons. The molecular weight excluding hydrogens is 574 g/mol. The number of likely N-dealkylation sites (tertiary alicyclic amines) is 2. The topological polar surface area (TPSA) is 65.4 Å². The fourth-order valence-corrected chi connectivity index (χ4v) is 8.09. The van der Waals surface area contributed by atoms with Crippen LogP contribution in [0.3, 0.4) is 0 Å². The quantitative estimate of drug-likeness (QED) is 0.379. The number of pyridine rings is 1. The van der Waals surface area contributed by atoms with E-state index in [1.165, 1.54) is 57.7 Å². The summed E-state index contributed by atoms with van der Waals surface area (Å²) in [6, 6.07) is 6.63. The summed E-state index contributed by atoms with van der Waals surface area (Å²) >= 11 is 0. The number of nitrogens with one attached hydrogen (secondary N) is 1. The molecular formula is C35H46F2N6O2. The van der Waals surface area contributed by atoms with E-state index >= 15 is 4.39 Å². The van der Waals surface area contributed by atoms with Gasteiger partial charge in [0.1, 0.15) is 17.2 Å². The van der Waals surface area contributed by atoms with Gasteiger partial charge in [-0.2, -0.15) is 4.39 Å². The molecule has 4 aliphatic rings. The van der Waals surface area contributed by atoms with E-state index in [0.717, 1.165) is 18.7 Å². The third-order valence-corrected chi connectivity index (χ3v) is 10.7. The van der Waals surface area contributed by atoms with Crippen LogP contribution in [0.15, 0.2) is 30.5 Å². The van der Waals surface area contributed by atoms with Crippen LogP contribution in [0.2, 0.25) is 0 Å². The van der Waals surface area contributed by atoms with Gasteiger partial charge >= 0.3 is 0 Å². The Morgan fingerprint density at radius 3 is 2.62 bits per heavy atom. The molecule has 1 spiro atoms. The average molecular weight is 621 g/mol. The average Bonchev–Trinajstić information content (AvgIpc) is 3.23. The maximum absolute atomic E-state index is 15.4. The second-order valence-corrected chi connectivity index (χ2v) is 14.4. The van der Waals surface area contributed by atoms with Gasteiger partial charge in [0.15, 0.2) is 0 Å². The summed E-state index contributed by atoms with van der Waals surface area (Å²) in [6.07, 6.45) is 4.39. The van der Waals surface area contributed by atoms with Crippen LogP contribution in [0.4, 0.5) is 8.78 Å². The highest BCUT2D eigenvalue weighted by molar-refractivity contribution is 6.03. The molecule has 1 N–H and O–H groups in total. The number of imidazole rings is 1. The number of carbonyl (C=O) groups excluding carboxylic acids is 1. The van der Waals surface area contributed by atoms with Crippen LogP contribution in [0.5, 0.6) is 0 Å². The minimum Gasteiger partial charge on any atom is -0.377 e. The minimum absolute atomic E-state index is 0.139. The number of hydrogen-bond donors (Lipinski definition) is 1. The first-order chi connectivity index (χ1) is 21.6. The van der Waals surface area contributed by atoms with Crippen LogP contribution in [0, 0.1) is 30.0 Å². The van der Waals surface area contributed by atoms with Crippen molar-refractivity contribution in [1.29, 1.82) is 0 Å². The number of carbonyl (C=O) groups is 1. The fraction of sp³-hybridized carbons (Fsp3) is 0.600. The second kappa shape index (κ2) is 12.0. The van der Waals surface area contributed by atoms with E-state index in [1.807, 2.05) is 19.2 Å². The minimum atomic E-state index is -0.590. The molecule has 4 fully saturated rings. The number of hydrogen-bond acceptors (Lipinski definition) is 6. The van der Waals surface area contributed by atoms with Crippen LogP contribution < -0.4 is 5.32 Å². The molecule has 2 aromatic heterocycles. The molecule has 0 unspecified atom stereocenters. The molecule has 1 amide bonds. The maximum atomic E-state index is 15.4. The Bertz CT molecular complexity index is 1570. The van der Waals surface area contributed by atoms with Crippen LogP contribution >= 0.6 is 0 Å². The summed E-state index contributed by atoms with van der Waals surface area (Å²) in [6.45, 7) is 17.5. The van der Waals surface area contributed by atoms with Crippen molar-refractivity contribution in [2.45, 2.75) is 58.5 Å². The Morgan fingerprint density at radius 2 is 1.93 bits per heavy atom. The van der Waals surface area contributed by atoms with E-state index in [0.29, 0.717) is 59.6 Å². The van der Waals surface area contributed by atoms with Crippen molar-refractivity contribution >= 4 is 11.4 Å². The lowest BCUT2D eigenvalue weighted by Gasteiger charge is -2.56. The number of nitrogens with zero attached hydrogens (tertiary/aromatic N) is 5. The van der Waals surface area contributed by atoms with Crippen molar-refractivity contribution in [3.63, 3.8) is 0 Å². The number of halogens is 2. The van der Waals surface area contributed by atoms with Crippen molar-refractivity contribution in [3.8, 4) is 11.1 Å². The summed E-state index contributed by atoms with van der Waals surface area (Å²) in [5.74, 6) is 0.0241. The molecule has 8 nitrogen and oxygen atoms in total. The molecule has 45 heavy (non-hydrogen) atoms. The van der Waals surface area contributed by atoms with Crippen molar-refractivity contribution in [1.82, 2.24) is 29.4 Å². The Kier molecular flexibility index (Phi) is 8.21. The van der Waals surface area contributed by atoms with E-state index < -0.39 is 11.8 Å². The van der Waals surface area contributed by atoms with Gasteiger partial charge in [-0.1, -0.05) is 19.9 Å². The van der Waals surface area contributed by atoms with Crippen molar-refractivity contribution in [3.05, 3.63) is 59.2 Å². The van der Waals surface area contributed by atoms with Gasteiger partial charge in [-0.15, -0.1) is 0 Å². The molecule has 0 saturated carbocycles. The summed E-state index contributed by atoms with van der Waals surface area (Å²) in [4.78, 5) is 24.9. The van der Waals surface area contributed by atoms with E-state index in [9.17, 15) is 9.18 Å². The van der Waals surface area contributed by atoms with E-state index in [2.05, 4.69) is 33.9 Å². The van der Waals surface area contributed by atoms with Crippen molar-refractivity contribution < 1.29 is 18.3 Å². The van der Waals surface area contributed by atoms with Crippen LogP contribution in [-0.4, -0.2) is 108 Å². The van der Waals surface area contributed by atoms with Gasteiger partial charge in [0.05, 0.1) is 24.8 Å². The zero-order valence-corrected chi connectivity index (χ0v) is 27.0. The van der Waals surface area contributed by atoms with Gasteiger partial charge in [-0.05, 0) is 68.5 Å². The summed E-state index contributed by atoms with van der Waals surface area (Å²) in [5.41, 5.74) is 3.29. The number of amides is 1. The van der Waals surface area contributed by atoms with Crippen LogP contribution in [-0.2, 0) is 4.74 Å².